The molecule has 1 amide bonds. The minimum absolute atomic E-state index is 0.0759. The molecule has 0 aliphatic carbocycles. The number of aryl methyl sites for hydroxylation is 1. The van der Waals surface area contributed by atoms with Crippen molar-refractivity contribution >= 4 is 17.2 Å². The van der Waals surface area contributed by atoms with E-state index in [4.69, 9.17) is 10.5 Å². The van der Waals surface area contributed by atoms with E-state index in [-0.39, 0.29) is 5.91 Å². The molecule has 2 aromatic rings. The molecule has 0 aliphatic heterocycles. The predicted molar refractivity (Wildman–Crippen MR) is 88.4 cm³/mol. The van der Waals surface area contributed by atoms with E-state index in [1.54, 1.807) is 24.4 Å². The Morgan fingerprint density at radius 3 is 2.86 bits per heavy atom. The molecule has 0 fully saturated rings. The van der Waals surface area contributed by atoms with Gasteiger partial charge in [0.1, 0.15) is 11.4 Å². The predicted octanol–water partition coefficient (Wildman–Crippen LogP) is 2.23. The van der Waals surface area contributed by atoms with E-state index in [0.717, 1.165) is 21.9 Å². The summed E-state index contributed by atoms with van der Waals surface area (Å²) >= 11 is 1.48. The molecule has 1 heterocycles. The molecule has 118 valence electrons. The average Bonchev–Trinajstić information content (AvgIpc) is 2.95. The summed E-state index contributed by atoms with van der Waals surface area (Å²) < 4.78 is 5.25. The zero-order valence-corrected chi connectivity index (χ0v) is 13.9. The fourth-order valence-corrected chi connectivity index (χ4v) is 3.02. The van der Waals surface area contributed by atoms with Crippen LogP contribution in [0.5, 0.6) is 5.75 Å². The Bertz CT molecular complexity index is 655. The summed E-state index contributed by atoms with van der Waals surface area (Å²) in [5, 5.41) is 2.70. The molecular formula is C16H21N3O2S. The normalized spacial score (nSPS) is 10.5. The molecule has 5 nitrogen and oxygen atoms in total. The van der Waals surface area contributed by atoms with Crippen molar-refractivity contribution in [1.82, 2.24) is 9.88 Å². The topological polar surface area (TPSA) is 68.5 Å². The van der Waals surface area contributed by atoms with Gasteiger partial charge in [-0.25, -0.2) is 4.98 Å². The lowest BCUT2D eigenvalue weighted by Gasteiger charge is -2.17. The SMILES string of the molecule is COc1ccc(CN(C)C(=O)c2csc(CCN)n2)cc1C. The van der Waals surface area contributed by atoms with E-state index in [0.29, 0.717) is 25.2 Å². The molecule has 22 heavy (non-hydrogen) atoms. The number of methoxy groups -OCH3 is 1. The van der Waals surface area contributed by atoms with Crippen molar-refractivity contribution < 1.29 is 9.53 Å². The van der Waals surface area contributed by atoms with E-state index in [1.807, 2.05) is 25.1 Å². The smallest absolute Gasteiger partial charge is 0.273 e. The Morgan fingerprint density at radius 1 is 1.45 bits per heavy atom. The average molecular weight is 319 g/mol. The number of carbonyl (C=O) groups is 1. The van der Waals surface area contributed by atoms with Crippen molar-refractivity contribution in [3.05, 3.63) is 45.4 Å². The highest BCUT2D eigenvalue weighted by Gasteiger charge is 2.16. The summed E-state index contributed by atoms with van der Waals surface area (Å²) in [4.78, 5) is 18.4. The lowest BCUT2D eigenvalue weighted by molar-refractivity contribution is 0.0780. The number of rotatable bonds is 6. The van der Waals surface area contributed by atoms with E-state index < -0.39 is 0 Å². The Morgan fingerprint density at radius 2 is 2.23 bits per heavy atom. The molecule has 0 bridgehead atoms. The van der Waals surface area contributed by atoms with Crippen molar-refractivity contribution in [1.29, 1.82) is 0 Å². The number of benzene rings is 1. The first kappa shape index (κ1) is 16.5. The van der Waals surface area contributed by atoms with Crippen molar-refractivity contribution in [2.45, 2.75) is 19.9 Å². The Kier molecular flexibility index (Phi) is 5.51. The number of carbonyl (C=O) groups excluding carboxylic acids is 1. The van der Waals surface area contributed by atoms with Gasteiger partial charge in [-0.3, -0.25) is 4.79 Å². The third kappa shape index (κ3) is 3.84. The van der Waals surface area contributed by atoms with Gasteiger partial charge in [0.05, 0.1) is 12.1 Å². The maximum Gasteiger partial charge on any atom is 0.273 e. The van der Waals surface area contributed by atoms with Crippen LogP contribution in [-0.4, -0.2) is 36.5 Å². The van der Waals surface area contributed by atoms with Crippen molar-refractivity contribution in [2.75, 3.05) is 20.7 Å². The van der Waals surface area contributed by atoms with Crippen molar-refractivity contribution in [2.24, 2.45) is 5.73 Å². The van der Waals surface area contributed by atoms with Crippen LogP contribution in [-0.2, 0) is 13.0 Å². The standard InChI is InChI=1S/C16H21N3O2S/c1-11-8-12(4-5-14(11)21-3)9-19(2)16(20)13-10-22-15(18-13)6-7-17/h4-5,8,10H,6-7,9,17H2,1-3H3. The van der Waals surface area contributed by atoms with Crippen LogP contribution in [0.4, 0.5) is 0 Å². The molecule has 0 atom stereocenters. The highest BCUT2D eigenvalue weighted by atomic mass is 32.1. The molecule has 0 aliphatic rings. The molecule has 1 aromatic heterocycles. The van der Waals surface area contributed by atoms with Gasteiger partial charge in [-0.1, -0.05) is 12.1 Å². The minimum Gasteiger partial charge on any atom is -0.496 e. The van der Waals surface area contributed by atoms with Gasteiger partial charge in [0.15, 0.2) is 0 Å². The van der Waals surface area contributed by atoms with Gasteiger partial charge >= 0.3 is 0 Å². The molecule has 0 saturated heterocycles. The van der Waals surface area contributed by atoms with Gasteiger partial charge in [-0.05, 0) is 30.7 Å². The van der Waals surface area contributed by atoms with Crippen LogP contribution in [0.2, 0.25) is 0 Å². The molecular weight excluding hydrogens is 298 g/mol. The van der Waals surface area contributed by atoms with Gasteiger partial charge in [0, 0.05) is 25.4 Å². The van der Waals surface area contributed by atoms with E-state index in [2.05, 4.69) is 4.98 Å². The lowest BCUT2D eigenvalue weighted by atomic mass is 10.1. The molecule has 2 rings (SSSR count). The first-order valence-corrected chi connectivity index (χ1v) is 7.96. The fraction of sp³-hybridized carbons (Fsp3) is 0.375. The first-order chi connectivity index (χ1) is 10.5. The van der Waals surface area contributed by atoms with Gasteiger partial charge in [-0.2, -0.15) is 0 Å². The van der Waals surface area contributed by atoms with Crippen molar-refractivity contribution in [3.8, 4) is 5.75 Å². The summed E-state index contributed by atoms with van der Waals surface area (Å²) in [5.41, 5.74) is 8.11. The highest BCUT2D eigenvalue weighted by Crippen LogP contribution is 2.20. The van der Waals surface area contributed by atoms with Crippen molar-refractivity contribution in [3.63, 3.8) is 0 Å². The van der Waals surface area contributed by atoms with Crippen LogP contribution < -0.4 is 10.5 Å². The molecule has 2 N–H and O–H groups in total. The van der Waals surface area contributed by atoms with E-state index in [1.165, 1.54) is 11.3 Å². The van der Waals surface area contributed by atoms with Gasteiger partial charge in [-0.15, -0.1) is 11.3 Å². The number of amides is 1. The zero-order chi connectivity index (χ0) is 16.1. The monoisotopic (exact) mass is 319 g/mol. The first-order valence-electron chi connectivity index (χ1n) is 7.08. The zero-order valence-electron chi connectivity index (χ0n) is 13.1. The lowest BCUT2D eigenvalue weighted by Crippen LogP contribution is -2.26. The van der Waals surface area contributed by atoms with Gasteiger partial charge < -0.3 is 15.4 Å². The van der Waals surface area contributed by atoms with Crippen LogP contribution in [0.15, 0.2) is 23.6 Å². The van der Waals surface area contributed by atoms with E-state index >= 15 is 0 Å². The third-order valence-corrected chi connectivity index (χ3v) is 4.26. The Balaban J connectivity index is 2.05. The number of nitrogens with two attached hydrogens (primary N) is 1. The highest BCUT2D eigenvalue weighted by molar-refractivity contribution is 7.09. The van der Waals surface area contributed by atoms with Crippen LogP contribution in [0, 0.1) is 6.92 Å². The molecule has 0 unspecified atom stereocenters. The summed E-state index contributed by atoms with van der Waals surface area (Å²) in [6, 6.07) is 5.92. The molecule has 0 radical (unpaired) electrons. The number of hydrogen-bond acceptors (Lipinski definition) is 5. The summed E-state index contributed by atoms with van der Waals surface area (Å²) in [6.07, 6.45) is 0.708. The molecule has 1 aromatic carbocycles. The minimum atomic E-state index is -0.0759. The molecule has 6 heteroatoms. The maximum atomic E-state index is 12.4. The second-order valence-corrected chi connectivity index (χ2v) is 6.07. The second-order valence-electron chi connectivity index (χ2n) is 5.13. The molecule has 0 saturated carbocycles. The van der Waals surface area contributed by atoms with Gasteiger partial charge in [0.25, 0.3) is 5.91 Å². The second kappa shape index (κ2) is 7.38. The summed E-state index contributed by atoms with van der Waals surface area (Å²) in [6.45, 7) is 3.07. The fourth-order valence-electron chi connectivity index (χ4n) is 2.23. The summed E-state index contributed by atoms with van der Waals surface area (Å²) in [7, 11) is 3.43. The maximum absolute atomic E-state index is 12.4. The summed E-state index contributed by atoms with van der Waals surface area (Å²) in [5.74, 6) is 0.775. The Labute approximate surface area is 134 Å². The number of thiazole rings is 1. The van der Waals surface area contributed by atoms with Gasteiger partial charge in [0.2, 0.25) is 0 Å². The van der Waals surface area contributed by atoms with Crippen LogP contribution in [0.1, 0.15) is 26.6 Å². The van der Waals surface area contributed by atoms with Crippen LogP contribution in [0.3, 0.4) is 0 Å². The Hall–Kier alpha value is -1.92. The largest absolute Gasteiger partial charge is 0.496 e. The number of ether oxygens (including phenoxy) is 1. The number of hydrogen-bond donors (Lipinski definition) is 1. The van der Waals surface area contributed by atoms with E-state index in [9.17, 15) is 4.79 Å². The van der Waals surface area contributed by atoms with Crippen LogP contribution >= 0.6 is 11.3 Å². The molecule has 0 spiro atoms. The number of aromatic nitrogens is 1. The van der Waals surface area contributed by atoms with Crippen LogP contribution in [0.25, 0.3) is 0 Å². The number of nitrogens with zero attached hydrogens (tertiary/aromatic N) is 2. The quantitative estimate of drug-likeness (QED) is 0.886. The third-order valence-electron chi connectivity index (χ3n) is 3.35.